The molecule has 0 N–H and O–H groups in total. The van der Waals surface area contributed by atoms with Crippen LogP contribution in [0.2, 0.25) is 0 Å². The molecule has 1 aromatic carbocycles. The van der Waals surface area contributed by atoms with Gasteiger partial charge >= 0.3 is 0 Å². The van der Waals surface area contributed by atoms with Crippen molar-refractivity contribution in [2.45, 2.75) is 57.8 Å². The second-order valence-corrected chi connectivity index (χ2v) is 6.78. The molecule has 0 unspecified atom stereocenters. The van der Waals surface area contributed by atoms with Gasteiger partial charge in [-0.25, -0.2) is 0 Å². The van der Waals surface area contributed by atoms with Crippen molar-refractivity contribution in [1.82, 2.24) is 0 Å². The van der Waals surface area contributed by atoms with Crippen LogP contribution in [-0.2, 0) is 0 Å². The summed E-state index contributed by atoms with van der Waals surface area (Å²) in [5, 5.41) is 0. The Balaban J connectivity index is 1.70. The Morgan fingerprint density at radius 2 is 1.84 bits per heavy atom. The van der Waals surface area contributed by atoms with Gasteiger partial charge in [-0.2, -0.15) is 0 Å². The molecule has 2 aliphatic rings. The highest BCUT2D eigenvalue weighted by Crippen LogP contribution is 2.55. The molecule has 3 rings (SSSR count). The van der Waals surface area contributed by atoms with Crippen LogP contribution in [0.4, 0.5) is 0 Å². The van der Waals surface area contributed by atoms with Gasteiger partial charge in [0.15, 0.2) is 0 Å². The van der Waals surface area contributed by atoms with Crippen LogP contribution >= 0.6 is 0 Å². The molecule has 0 aromatic heterocycles. The van der Waals surface area contributed by atoms with Gasteiger partial charge in [-0.1, -0.05) is 44.0 Å². The highest BCUT2D eigenvalue weighted by atomic mass is 16.1. The third kappa shape index (κ3) is 2.48. The molecule has 1 heteroatoms. The first kappa shape index (κ1) is 12.9. The molecule has 2 fully saturated rings. The lowest BCUT2D eigenvalue weighted by Crippen LogP contribution is -2.13. The zero-order valence-corrected chi connectivity index (χ0v) is 11.9. The molecule has 2 saturated carbocycles. The van der Waals surface area contributed by atoms with Crippen LogP contribution in [0, 0.1) is 11.3 Å². The van der Waals surface area contributed by atoms with Crippen molar-refractivity contribution in [1.29, 1.82) is 0 Å². The molecule has 0 aliphatic heterocycles. The highest BCUT2D eigenvalue weighted by molar-refractivity contribution is 5.74. The van der Waals surface area contributed by atoms with Crippen LogP contribution in [-0.4, -0.2) is 6.29 Å². The molecule has 102 valence electrons. The molecule has 0 amide bonds. The Bertz CT molecular complexity index is 439. The predicted molar refractivity (Wildman–Crippen MR) is 78.5 cm³/mol. The van der Waals surface area contributed by atoms with Gasteiger partial charge in [-0.3, -0.25) is 4.79 Å². The fraction of sp³-hybridized carbons (Fsp3) is 0.611. The second kappa shape index (κ2) is 5.11. The van der Waals surface area contributed by atoms with Crippen molar-refractivity contribution < 1.29 is 4.79 Å². The Morgan fingerprint density at radius 3 is 2.47 bits per heavy atom. The molecule has 0 saturated heterocycles. The van der Waals surface area contributed by atoms with E-state index in [0.717, 1.165) is 17.8 Å². The molecular weight excluding hydrogens is 232 g/mol. The van der Waals surface area contributed by atoms with E-state index in [2.05, 4.69) is 19.1 Å². The van der Waals surface area contributed by atoms with Gasteiger partial charge in [0.2, 0.25) is 0 Å². The van der Waals surface area contributed by atoms with Crippen molar-refractivity contribution in [2.24, 2.45) is 11.3 Å². The van der Waals surface area contributed by atoms with Crippen LogP contribution in [0.1, 0.15) is 73.7 Å². The molecule has 1 aromatic rings. The van der Waals surface area contributed by atoms with Gasteiger partial charge in [0.05, 0.1) is 0 Å². The van der Waals surface area contributed by atoms with E-state index >= 15 is 0 Å². The van der Waals surface area contributed by atoms with E-state index in [9.17, 15) is 4.79 Å². The van der Waals surface area contributed by atoms with Crippen molar-refractivity contribution in [3.8, 4) is 0 Å². The Labute approximate surface area is 116 Å². The highest BCUT2D eigenvalue weighted by Gasteiger charge is 2.42. The van der Waals surface area contributed by atoms with Crippen LogP contribution < -0.4 is 0 Å². The van der Waals surface area contributed by atoms with E-state index in [0.29, 0.717) is 11.3 Å². The second-order valence-electron chi connectivity index (χ2n) is 6.78. The Hall–Kier alpha value is -1.11. The number of carbonyl (C=O) groups excluding carboxylic acids is 1. The van der Waals surface area contributed by atoms with Gasteiger partial charge < -0.3 is 0 Å². The van der Waals surface area contributed by atoms with Crippen molar-refractivity contribution in [3.63, 3.8) is 0 Å². The van der Waals surface area contributed by atoms with E-state index in [-0.39, 0.29) is 0 Å². The topological polar surface area (TPSA) is 17.1 Å². The molecule has 1 spiro atoms. The van der Waals surface area contributed by atoms with Crippen molar-refractivity contribution in [3.05, 3.63) is 35.4 Å². The fourth-order valence-electron chi connectivity index (χ4n) is 4.41. The van der Waals surface area contributed by atoms with E-state index in [1.165, 1.54) is 50.5 Å². The maximum atomic E-state index is 10.7. The van der Waals surface area contributed by atoms with Crippen molar-refractivity contribution in [2.75, 3.05) is 0 Å². The van der Waals surface area contributed by atoms with Crippen molar-refractivity contribution >= 4 is 6.29 Å². The summed E-state index contributed by atoms with van der Waals surface area (Å²) in [7, 11) is 0. The summed E-state index contributed by atoms with van der Waals surface area (Å²) in [5.41, 5.74) is 2.90. The van der Waals surface area contributed by atoms with Crippen LogP contribution in [0.15, 0.2) is 24.3 Å². The van der Waals surface area contributed by atoms with E-state index in [4.69, 9.17) is 0 Å². The maximum Gasteiger partial charge on any atom is 0.150 e. The van der Waals surface area contributed by atoms with Gasteiger partial charge in [-0.05, 0) is 54.9 Å². The lowest BCUT2D eigenvalue weighted by atomic mass is 9.80. The maximum absolute atomic E-state index is 10.7. The largest absolute Gasteiger partial charge is 0.298 e. The molecular formula is C18H24O. The lowest BCUT2D eigenvalue weighted by molar-refractivity contribution is 0.112. The first-order chi connectivity index (χ1) is 9.22. The Kier molecular flexibility index (Phi) is 3.47. The summed E-state index contributed by atoms with van der Waals surface area (Å²) < 4.78 is 0. The summed E-state index contributed by atoms with van der Waals surface area (Å²) >= 11 is 0. The SMILES string of the molecule is C[C@@H](c1ccc(C=O)cc1)[C@H]1CCC2(CCCC2)C1. The smallest absolute Gasteiger partial charge is 0.150 e. The first-order valence-electron chi connectivity index (χ1n) is 7.78. The molecule has 0 heterocycles. The van der Waals surface area contributed by atoms with Gasteiger partial charge in [-0.15, -0.1) is 0 Å². The normalized spacial score (nSPS) is 26.7. The predicted octanol–water partition coefficient (Wildman–Crippen LogP) is 4.96. The van der Waals surface area contributed by atoms with Crippen LogP contribution in [0.5, 0.6) is 0 Å². The minimum absolute atomic E-state index is 0.640. The summed E-state index contributed by atoms with van der Waals surface area (Å²) in [6.45, 7) is 2.37. The third-order valence-electron chi connectivity index (χ3n) is 5.71. The van der Waals surface area contributed by atoms with Gasteiger partial charge in [0.25, 0.3) is 0 Å². The number of rotatable bonds is 3. The lowest BCUT2D eigenvalue weighted by Gasteiger charge is -2.25. The third-order valence-corrected chi connectivity index (χ3v) is 5.71. The first-order valence-corrected chi connectivity index (χ1v) is 7.78. The summed E-state index contributed by atoms with van der Waals surface area (Å²) in [6.07, 6.45) is 11.1. The number of benzene rings is 1. The van der Waals surface area contributed by atoms with E-state index in [1.54, 1.807) is 0 Å². The van der Waals surface area contributed by atoms with E-state index < -0.39 is 0 Å². The summed E-state index contributed by atoms with van der Waals surface area (Å²) in [6, 6.07) is 8.21. The zero-order chi connectivity index (χ0) is 13.3. The number of hydrogen-bond acceptors (Lipinski definition) is 1. The monoisotopic (exact) mass is 256 g/mol. The fourth-order valence-corrected chi connectivity index (χ4v) is 4.41. The number of carbonyl (C=O) groups is 1. The molecule has 0 radical (unpaired) electrons. The average molecular weight is 256 g/mol. The molecule has 2 atom stereocenters. The van der Waals surface area contributed by atoms with Crippen LogP contribution in [0.3, 0.4) is 0 Å². The Morgan fingerprint density at radius 1 is 1.16 bits per heavy atom. The quantitative estimate of drug-likeness (QED) is 0.698. The molecule has 0 bridgehead atoms. The van der Waals surface area contributed by atoms with Gasteiger partial charge in [0.1, 0.15) is 6.29 Å². The number of hydrogen-bond donors (Lipinski definition) is 0. The molecule has 1 nitrogen and oxygen atoms in total. The zero-order valence-electron chi connectivity index (χ0n) is 11.9. The summed E-state index contributed by atoms with van der Waals surface area (Å²) in [4.78, 5) is 10.7. The van der Waals surface area contributed by atoms with E-state index in [1.807, 2.05) is 12.1 Å². The van der Waals surface area contributed by atoms with Crippen LogP contribution in [0.25, 0.3) is 0 Å². The average Bonchev–Trinajstić information content (AvgIpc) is 3.09. The minimum atomic E-state index is 0.640. The molecule has 19 heavy (non-hydrogen) atoms. The number of aldehydes is 1. The summed E-state index contributed by atoms with van der Waals surface area (Å²) in [5.74, 6) is 1.49. The van der Waals surface area contributed by atoms with Gasteiger partial charge in [0, 0.05) is 5.56 Å². The standard InChI is InChI=1S/C18H24O/c1-14(16-6-4-15(13-19)5-7-16)17-8-11-18(12-17)9-2-3-10-18/h4-7,13-14,17H,2-3,8-12H2,1H3/t14-,17-/m0/s1. The minimum Gasteiger partial charge on any atom is -0.298 e. The molecule has 2 aliphatic carbocycles.